The van der Waals surface area contributed by atoms with Gasteiger partial charge >= 0.3 is 0 Å². The average molecular weight is 242 g/mol. The Balaban J connectivity index is 2.09. The van der Waals surface area contributed by atoms with Gasteiger partial charge in [-0.1, -0.05) is 11.3 Å². The maximum absolute atomic E-state index is 11.9. The quantitative estimate of drug-likeness (QED) is 0.549. The fraction of sp³-hybridized carbons (Fsp3) is 0.917. The Morgan fingerprint density at radius 2 is 1.88 bits per heavy atom. The lowest BCUT2D eigenvalue weighted by molar-refractivity contribution is 0.368. The molecule has 1 heterocycles. The van der Waals surface area contributed by atoms with Gasteiger partial charge in [0.1, 0.15) is 16.1 Å². The van der Waals surface area contributed by atoms with Crippen LogP contribution in [-0.2, 0) is 11.4 Å². The molecule has 1 aliphatic heterocycles. The van der Waals surface area contributed by atoms with Crippen LogP contribution in [0.2, 0.25) is 0 Å². The predicted octanol–water partition coefficient (Wildman–Crippen LogP) is 2.00. The van der Waals surface area contributed by atoms with Crippen molar-refractivity contribution < 1.29 is 4.55 Å². The number of likely N-dealkylation sites (N-methyl/N-ethyl adjacent to an activating group) is 1. The minimum atomic E-state index is -1.10. The molecule has 4 atom stereocenters. The van der Waals surface area contributed by atoms with Gasteiger partial charge in [-0.2, -0.15) is 0 Å². The summed E-state index contributed by atoms with van der Waals surface area (Å²) >= 11 is -1.10. The first-order chi connectivity index (χ1) is 7.11. The molecule has 4 unspecified atom stereocenters. The van der Waals surface area contributed by atoms with E-state index in [-0.39, 0.29) is 15.7 Å². The Morgan fingerprint density at radius 3 is 2.25 bits per heavy atom. The summed E-state index contributed by atoms with van der Waals surface area (Å²) in [6.07, 6.45) is 1.01. The maximum Gasteiger partial charge on any atom is 0.144 e. The molecule has 1 aliphatic carbocycles. The SMILES string of the molecule is CN1CC1(C)C1(C)C/C1=N/[S+]([O-])C(C)(C)C. The summed E-state index contributed by atoms with van der Waals surface area (Å²) in [4.78, 5) is 2.34. The van der Waals surface area contributed by atoms with Gasteiger partial charge in [0.2, 0.25) is 0 Å². The van der Waals surface area contributed by atoms with E-state index in [0.717, 1.165) is 18.7 Å². The number of nitrogens with zero attached hydrogens (tertiary/aromatic N) is 2. The molecule has 0 aromatic carbocycles. The smallest absolute Gasteiger partial charge is 0.144 e. The van der Waals surface area contributed by atoms with Crippen LogP contribution in [0.1, 0.15) is 41.0 Å². The molecular weight excluding hydrogens is 220 g/mol. The van der Waals surface area contributed by atoms with Crippen molar-refractivity contribution >= 4 is 17.1 Å². The minimum absolute atomic E-state index is 0.169. The average Bonchev–Trinajstić information content (AvgIpc) is 2.93. The predicted molar refractivity (Wildman–Crippen MR) is 69.1 cm³/mol. The van der Waals surface area contributed by atoms with Gasteiger partial charge in [-0.05, 0) is 34.7 Å². The first-order valence-corrected chi connectivity index (χ1v) is 6.93. The normalized spacial score (nSPS) is 46.9. The van der Waals surface area contributed by atoms with Gasteiger partial charge in [-0.15, -0.1) is 0 Å². The molecule has 1 saturated heterocycles. The molecule has 0 radical (unpaired) electrons. The van der Waals surface area contributed by atoms with Crippen molar-refractivity contribution in [2.24, 2.45) is 9.81 Å². The largest absolute Gasteiger partial charge is 0.591 e. The van der Waals surface area contributed by atoms with Crippen LogP contribution in [-0.4, -0.2) is 39.0 Å². The van der Waals surface area contributed by atoms with Gasteiger partial charge in [0, 0.05) is 23.9 Å². The van der Waals surface area contributed by atoms with Gasteiger partial charge in [-0.25, -0.2) is 0 Å². The summed E-state index contributed by atoms with van der Waals surface area (Å²) in [5.41, 5.74) is 1.57. The fourth-order valence-corrected chi connectivity index (χ4v) is 2.92. The van der Waals surface area contributed by atoms with E-state index in [4.69, 9.17) is 0 Å². The highest BCUT2D eigenvalue weighted by molar-refractivity contribution is 7.91. The molecule has 0 bridgehead atoms. The molecule has 16 heavy (non-hydrogen) atoms. The molecule has 0 N–H and O–H groups in total. The third-order valence-corrected chi connectivity index (χ3v) is 5.66. The zero-order valence-electron chi connectivity index (χ0n) is 11.1. The highest BCUT2D eigenvalue weighted by atomic mass is 32.2. The standard InChI is InChI=1S/C12H22N2OS/c1-10(2,3)16(15)13-9-7-11(9,4)12(5)8-14(12)6/h7-8H2,1-6H3/b13-9-. The second-order valence-electron chi connectivity index (χ2n) is 6.54. The molecule has 3 nitrogen and oxygen atoms in total. The lowest BCUT2D eigenvalue weighted by Crippen LogP contribution is -2.28. The van der Waals surface area contributed by atoms with E-state index in [0.29, 0.717) is 0 Å². The molecular formula is C12H22N2OS. The highest BCUT2D eigenvalue weighted by Gasteiger charge is 2.69. The van der Waals surface area contributed by atoms with E-state index >= 15 is 0 Å². The minimum Gasteiger partial charge on any atom is -0.591 e. The monoisotopic (exact) mass is 242 g/mol. The summed E-state index contributed by atoms with van der Waals surface area (Å²) in [5, 5.41) is 0. The number of hydrogen-bond acceptors (Lipinski definition) is 3. The summed E-state index contributed by atoms with van der Waals surface area (Å²) in [5.74, 6) is 0. The van der Waals surface area contributed by atoms with E-state index in [2.05, 4.69) is 30.2 Å². The third-order valence-electron chi connectivity index (χ3n) is 4.22. The van der Waals surface area contributed by atoms with E-state index in [1.165, 1.54) is 0 Å². The van der Waals surface area contributed by atoms with Crippen LogP contribution in [0.5, 0.6) is 0 Å². The molecule has 2 fully saturated rings. The number of hydrogen-bond donors (Lipinski definition) is 0. The summed E-state index contributed by atoms with van der Waals surface area (Å²) in [6.45, 7) is 11.6. The van der Waals surface area contributed by atoms with Gasteiger partial charge in [-0.3, -0.25) is 4.90 Å². The van der Waals surface area contributed by atoms with Gasteiger partial charge < -0.3 is 4.55 Å². The van der Waals surface area contributed by atoms with Crippen LogP contribution in [0.15, 0.2) is 4.40 Å². The first-order valence-electron chi connectivity index (χ1n) is 5.82. The zero-order valence-corrected chi connectivity index (χ0v) is 11.9. The Bertz CT molecular complexity index is 349. The van der Waals surface area contributed by atoms with E-state index in [1.807, 2.05) is 20.8 Å². The molecule has 0 aromatic heterocycles. The van der Waals surface area contributed by atoms with Crippen LogP contribution in [0.25, 0.3) is 0 Å². The van der Waals surface area contributed by atoms with Crippen molar-refractivity contribution in [1.29, 1.82) is 0 Å². The first kappa shape index (κ1) is 12.4. The summed E-state index contributed by atoms with van der Waals surface area (Å²) in [7, 11) is 2.14. The molecule has 1 saturated carbocycles. The van der Waals surface area contributed by atoms with Gasteiger partial charge in [0.15, 0.2) is 0 Å². The topological polar surface area (TPSA) is 38.4 Å². The van der Waals surface area contributed by atoms with E-state index in [1.54, 1.807) is 0 Å². The van der Waals surface area contributed by atoms with Crippen molar-refractivity contribution in [3.63, 3.8) is 0 Å². The Hall–Kier alpha value is -0.0600. The van der Waals surface area contributed by atoms with Crippen molar-refractivity contribution in [2.45, 2.75) is 51.3 Å². The van der Waals surface area contributed by atoms with Crippen molar-refractivity contribution in [1.82, 2.24) is 4.90 Å². The van der Waals surface area contributed by atoms with Crippen molar-refractivity contribution in [2.75, 3.05) is 13.6 Å². The van der Waals surface area contributed by atoms with Crippen LogP contribution in [0.4, 0.5) is 0 Å². The molecule has 0 aromatic rings. The molecule has 0 amide bonds. The third kappa shape index (κ3) is 1.71. The molecule has 2 aliphatic rings. The summed E-state index contributed by atoms with van der Waals surface area (Å²) in [6, 6.07) is 0. The summed E-state index contributed by atoms with van der Waals surface area (Å²) < 4.78 is 16.1. The maximum atomic E-state index is 11.9. The van der Waals surface area contributed by atoms with Crippen LogP contribution >= 0.6 is 0 Å². The van der Waals surface area contributed by atoms with Crippen molar-refractivity contribution in [3.8, 4) is 0 Å². The van der Waals surface area contributed by atoms with Crippen molar-refractivity contribution in [3.05, 3.63) is 0 Å². The van der Waals surface area contributed by atoms with Crippen LogP contribution in [0.3, 0.4) is 0 Å². The molecule has 2 rings (SSSR count). The van der Waals surface area contributed by atoms with Gasteiger partial charge in [0.05, 0.1) is 5.71 Å². The Labute approximate surface area is 102 Å². The molecule has 92 valence electrons. The fourth-order valence-electron chi connectivity index (χ4n) is 2.18. The van der Waals surface area contributed by atoms with E-state index in [9.17, 15) is 4.55 Å². The molecule has 4 heteroatoms. The highest BCUT2D eigenvalue weighted by Crippen LogP contribution is 2.59. The molecule has 0 spiro atoms. The second-order valence-corrected chi connectivity index (χ2v) is 8.44. The zero-order chi connectivity index (χ0) is 12.4. The Kier molecular flexibility index (Phi) is 2.51. The van der Waals surface area contributed by atoms with Crippen LogP contribution < -0.4 is 0 Å². The second kappa shape index (κ2) is 3.24. The van der Waals surface area contributed by atoms with Crippen LogP contribution in [0, 0.1) is 5.41 Å². The van der Waals surface area contributed by atoms with Gasteiger partial charge in [0.25, 0.3) is 0 Å². The number of rotatable bonds is 2. The van der Waals surface area contributed by atoms with E-state index < -0.39 is 11.4 Å². The Morgan fingerprint density at radius 1 is 1.38 bits per heavy atom. The lowest BCUT2D eigenvalue weighted by atomic mass is 9.92. The lowest BCUT2D eigenvalue weighted by Gasteiger charge is -2.19.